The van der Waals surface area contributed by atoms with Crippen molar-refractivity contribution in [2.45, 2.75) is 232 Å². The molecule has 0 aliphatic carbocycles. The van der Waals surface area contributed by atoms with Gasteiger partial charge in [-0.2, -0.15) is 0 Å². The average Bonchev–Trinajstić information content (AvgIpc) is 3.24. The highest BCUT2D eigenvalue weighted by Crippen LogP contribution is 2.43. The number of esters is 2. The number of carbonyl (C=O) groups is 2. The zero-order valence-corrected chi connectivity index (χ0v) is 39.8. The van der Waals surface area contributed by atoms with Crippen molar-refractivity contribution in [2.24, 2.45) is 5.92 Å². The summed E-state index contributed by atoms with van der Waals surface area (Å²) in [6.07, 6.45) is 41.3. The summed E-state index contributed by atoms with van der Waals surface area (Å²) >= 11 is 0. The monoisotopic (exact) mass is 887 g/mol. The van der Waals surface area contributed by atoms with E-state index in [2.05, 4.69) is 32.9 Å². The molecule has 61 heavy (non-hydrogen) atoms. The number of rotatable bonds is 45. The molecule has 12 heteroatoms. The summed E-state index contributed by atoms with van der Waals surface area (Å²) in [4.78, 5) is 35.1. The minimum atomic E-state index is -4.64. The summed E-state index contributed by atoms with van der Waals surface area (Å²) in [6.45, 7) is 4.55. The smallest absolute Gasteiger partial charge is 0.462 e. The molecular formula is C49H91O11P. The third kappa shape index (κ3) is 43.2. The van der Waals surface area contributed by atoms with E-state index in [0.717, 1.165) is 63.7 Å². The second kappa shape index (κ2) is 43.4. The topological polar surface area (TPSA) is 169 Å². The van der Waals surface area contributed by atoms with Gasteiger partial charge in [-0.1, -0.05) is 205 Å². The predicted octanol–water partition coefficient (Wildman–Crippen LogP) is 12.3. The molecule has 0 radical (unpaired) electrons. The number of unbranched alkanes of at least 4 members (excludes halogenated alkanes) is 21. The van der Waals surface area contributed by atoms with Crippen LogP contribution in [0.2, 0.25) is 0 Å². The van der Waals surface area contributed by atoms with Gasteiger partial charge in [0.15, 0.2) is 6.10 Å². The van der Waals surface area contributed by atoms with Crippen molar-refractivity contribution in [2.75, 3.05) is 26.4 Å². The van der Waals surface area contributed by atoms with Crippen LogP contribution in [0.5, 0.6) is 0 Å². The lowest BCUT2D eigenvalue weighted by Gasteiger charge is -2.20. The molecule has 0 saturated carbocycles. The highest BCUT2D eigenvalue weighted by molar-refractivity contribution is 7.47. The van der Waals surface area contributed by atoms with Gasteiger partial charge in [-0.25, -0.2) is 4.57 Å². The molecule has 11 nitrogen and oxygen atoms in total. The molecule has 0 bridgehead atoms. The first-order valence-electron chi connectivity index (χ1n) is 24.4. The zero-order chi connectivity index (χ0) is 45.1. The minimum Gasteiger partial charge on any atom is -0.462 e. The maximum atomic E-state index is 12.7. The molecule has 0 spiro atoms. The zero-order valence-electron chi connectivity index (χ0n) is 38.9. The van der Waals surface area contributed by atoms with Crippen LogP contribution in [0.1, 0.15) is 213 Å². The van der Waals surface area contributed by atoms with Crippen LogP contribution < -0.4 is 0 Å². The largest absolute Gasteiger partial charge is 0.472 e. The Morgan fingerprint density at radius 2 is 1.07 bits per heavy atom. The van der Waals surface area contributed by atoms with Gasteiger partial charge >= 0.3 is 19.8 Å². The van der Waals surface area contributed by atoms with E-state index < -0.39 is 57.9 Å². The molecule has 358 valence electrons. The number of phosphoric ester groups is 1. The van der Waals surface area contributed by atoms with Crippen LogP contribution in [-0.4, -0.2) is 76.9 Å². The summed E-state index contributed by atoms with van der Waals surface area (Å²) in [5.41, 5.74) is 0. The van der Waals surface area contributed by atoms with Crippen LogP contribution in [-0.2, 0) is 32.7 Å². The Morgan fingerprint density at radius 1 is 0.590 bits per heavy atom. The molecule has 0 aromatic rings. The number of aliphatic hydroxyl groups is 3. The first-order valence-corrected chi connectivity index (χ1v) is 25.9. The highest BCUT2D eigenvalue weighted by Gasteiger charge is 2.27. The van der Waals surface area contributed by atoms with Crippen LogP contribution >= 0.6 is 7.82 Å². The Kier molecular flexibility index (Phi) is 42.1. The molecule has 0 rings (SSSR count). The Morgan fingerprint density at radius 3 is 1.57 bits per heavy atom. The van der Waals surface area contributed by atoms with Gasteiger partial charge in [0.1, 0.15) is 12.7 Å². The van der Waals surface area contributed by atoms with E-state index in [9.17, 15) is 29.3 Å². The third-order valence-corrected chi connectivity index (χ3v) is 11.9. The fraction of sp³-hybridized carbons (Fsp3) is 0.837. The number of ether oxygens (including phenoxy) is 2. The van der Waals surface area contributed by atoms with E-state index in [1.54, 1.807) is 6.08 Å². The Labute approximate surface area is 372 Å². The van der Waals surface area contributed by atoms with Gasteiger partial charge < -0.3 is 29.7 Å². The molecule has 0 aromatic heterocycles. The highest BCUT2D eigenvalue weighted by atomic mass is 31.2. The standard InChI is InChI=1S/C49H91O11P/c1-4-6-7-8-21-26-31-36-45(51)37-32-27-24-29-33-38-48(53)57-42-47(43-59-61(55,56)58-41-46(52)40-50)60-49(54)39-34-28-23-20-18-16-14-12-10-9-11-13-15-17-19-22-25-30-35-44(3)5-2/h6-7,21,26,31,36,44-47,50-52H,4-5,8-20,22-25,27-30,32-35,37-43H2,1-3H3,(H,55,56)/b7-6+,26-21+,36-31+/t44?,45?,46-,47+/m0/s1. The molecule has 3 unspecified atom stereocenters. The Hall–Kier alpha value is -1.85. The summed E-state index contributed by atoms with van der Waals surface area (Å²) < 4.78 is 32.8. The van der Waals surface area contributed by atoms with Crippen molar-refractivity contribution in [1.29, 1.82) is 0 Å². The van der Waals surface area contributed by atoms with Gasteiger partial charge in [-0.15, -0.1) is 0 Å². The molecule has 5 atom stereocenters. The molecular weight excluding hydrogens is 796 g/mol. The molecule has 0 aromatic carbocycles. The van der Waals surface area contributed by atoms with Crippen LogP contribution in [0, 0.1) is 5.92 Å². The maximum Gasteiger partial charge on any atom is 0.472 e. The van der Waals surface area contributed by atoms with Gasteiger partial charge in [-0.3, -0.25) is 18.6 Å². The Balaban J connectivity index is 4.24. The molecule has 0 aliphatic heterocycles. The van der Waals surface area contributed by atoms with Gasteiger partial charge in [-0.05, 0) is 38.0 Å². The van der Waals surface area contributed by atoms with Gasteiger partial charge in [0.05, 0.1) is 25.9 Å². The SMILES string of the molecule is CC/C=C/C/C=C/C=C/C(O)CCCCCCCC(=O)OC[C@H](COP(=O)(O)OC[C@@H](O)CO)OC(=O)CCCCCCCCCCCCCCCCCCCCC(C)CC. The number of hydrogen-bond donors (Lipinski definition) is 4. The normalized spacial score (nSPS) is 15.1. The fourth-order valence-corrected chi connectivity index (χ4v) is 7.59. The van der Waals surface area contributed by atoms with Gasteiger partial charge in [0.2, 0.25) is 0 Å². The number of hydrogen-bond acceptors (Lipinski definition) is 10. The predicted molar refractivity (Wildman–Crippen MR) is 248 cm³/mol. The summed E-state index contributed by atoms with van der Waals surface area (Å²) in [5.74, 6) is -0.106. The van der Waals surface area contributed by atoms with Gasteiger partial charge in [0.25, 0.3) is 0 Å². The summed E-state index contributed by atoms with van der Waals surface area (Å²) in [7, 11) is -4.64. The lowest BCUT2D eigenvalue weighted by atomic mass is 9.99. The summed E-state index contributed by atoms with van der Waals surface area (Å²) in [5, 5.41) is 28.5. The van der Waals surface area contributed by atoms with Crippen molar-refractivity contribution in [3.63, 3.8) is 0 Å². The molecule has 0 fully saturated rings. The lowest BCUT2D eigenvalue weighted by Crippen LogP contribution is -2.29. The van der Waals surface area contributed by atoms with Crippen LogP contribution in [0.25, 0.3) is 0 Å². The fourth-order valence-electron chi connectivity index (χ4n) is 6.80. The number of allylic oxidation sites excluding steroid dienone is 5. The van der Waals surface area contributed by atoms with E-state index in [-0.39, 0.29) is 19.4 Å². The molecule has 0 heterocycles. The Bertz CT molecular complexity index is 1140. The van der Waals surface area contributed by atoms with E-state index >= 15 is 0 Å². The van der Waals surface area contributed by atoms with Crippen LogP contribution in [0.4, 0.5) is 0 Å². The number of aliphatic hydroxyl groups excluding tert-OH is 3. The third-order valence-electron chi connectivity index (χ3n) is 11.0. The second-order valence-corrected chi connectivity index (χ2v) is 18.4. The lowest BCUT2D eigenvalue weighted by molar-refractivity contribution is -0.161. The second-order valence-electron chi connectivity index (χ2n) is 16.9. The van der Waals surface area contributed by atoms with E-state index in [4.69, 9.17) is 23.6 Å². The van der Waals surface area contributed by atoms with Crippen molar-refractivity contribution in [3.8, 4) is 0 Å². The first kappa shape index (κ1) is 59.1. The quantitative estimate of drug-likeness (QED) is 0.0151. The minimum absolute atomic E-state index is 0.167. The van der Waals surface area contributed by atoms with Crippen molar-refractivity contribution < 1.29 is 52.9 Å². The first-order chi connectivity index (χ1) is 29.5. The molecule has 0 aliphatic rings. The van der Waals surface area contributed by atoms with Gasteiger partial charge in [0, 0.05) is 12.8 Å². The maximum absolute atomic E-state index is 12.7. The summed E-state index contributed by atoms with van der Waals surface area (Å²) in [6, 6.07) is 0. The average molecular weight is 887 g/mol. The molecule has 4 N–H and O–H groups in total. The molecule has 0 saturated heterocycles. The molecule has 0 amide bonds. The van der Waals surface area contributed by atoms with Crippen molar-refractivity contribution in [3.05, 3.63) is 36.5 Å². The number of carbonyl (C=O) groups excluding carboxylic acids is 2. The van der Waals surface area contributed by atoms with Crippen molar-refractivity contribution in [1.82, 2.24) is 0 Å². The van der Waals surface area contributed by atoms with Crippen LogP contribution in [0.3, 0.4) is 0 Å². The van der Waals surface area contributed by atoms with E-state index in [1.165, 1.54) is 103 Å². The van der Waals surface area contributed by atoms with E-state index in [0.29, 0.717) is 19.3 Å². The van der Waals surface area contributed by atoms with E-state index in [1.807, 2.05) is 18.2 Å². The number of phosphoric acid groups is 1. The van der Waals surface area contributed by atoms with Crippen LogP contribution in [0.15, 0.2) is 36.5 Å². The van der Waals surface area contributed by atoms with Crippen molar-refractivity contribution >= 4 is 19.8 Å².